The number of rotatable bonds is 1. The highest BCUT2D eigenvalue weighted by Crippen LogP contribution is 2.44. The zero-order chi connectivity index (χ0) is 24.9. The molecule has 11 nitrogen and oxygen atoms in total. The van der Waals surface area contributed by atoms with Crippen LogP contribution in [0, 0.1) is 0 Å². The Morgan fingerprint density at radius 1 is 1.03 bits per heavy atom. The fraction of sp³-hybridized carbons (Fsp3) is 0.250. The van der Waals surface area contributed by atoms with Crippen molar-refractivity contribution in [3.8, 4) is 11.5 Å². The number of nitrogens with zero attached hydrogens (tertiary/aromatic N) is 2. The SMILES string of the molecule is CN1CC(=O)N2[C@H](c3ccc4c(c3)OCO4)c3[nH]c4ccccc4c3C[C@@H]2C1=O.O=C(O)C(=O)O. The first-order chi connectivity index (χ1) is 16.8. The van der Waals surface area contributed by atoms with E-state index in [0.29, 0.717) is 17.9 Å². The maximum atomic E-state index is 13.1. The zero-order valence-corrected chi connectivity index (χ0v) is 18.6. The third-order valence-corrected chi connectivity index (χ3v) is 6.35. The van der Waals surface area contributed by atoms with Gasteiger partial charge in [0.25, 0.3) is 0 Å². The summed E-state index contributed by atoms with van der Waals surface area (Å²) in [5.74, 6) is -2.37. The highest BCUT2D eigenvalue weighted by molar-refractivity contribution is 6.27. The molecule has 0 unspecified atom stereocenters. The minimum atomic E-state index is -1.82. The van der Waals surface area contributed by atoms with Gasteiger partial charge in [0.2, 0.25) is 18.6 Å². The lowest BCUT2D eigenvalue weighted by molar-refractivity contribution is -0.159. The molecule has 3 aromatic rings. The molecular weight excluding hydrogens is 458 g/mol. The van der Waals surface area contributed by atoms with Crippen LogP contribution in [0.5, 0.6) is 11.5 Å². The molecule has 0 saturated carbocycles. The van der Waals surface area contributed by atoms with E-state index >= 15 is 0 Å². The Hall–Kier alpha value is -4.54. The van der Waals surface area contributed by atoms with Crippen molar-refractivity contribution in [2.75, 3.05) is 20.4 Å². The number of para-hydroxylation sites is 1. The molecule has 0 spiro atoms. The molecule has 35 heavy (non-hydrogen) atoms. The lowest BCUT2D eigenvalue weighted by atomic mass is 9.86. The van der Waals surface area contributed by atoms with Crippen LogP contribution in [0.1, 0.15) is 22.9 Å². The van der Waals surface area contributed by atoms with E-state index in [2.05, 4.69) is 11.1 Å². The molecule has 1 fully saturated rings. The van der Waals surface area contributed by atoms with Crippen LogP contribution >= 0.6 is 0 Å². The number of benzene rings is 2. The van der Waals surface area contributed by atoms with E-state index in [1.165, 1.54) is 4.90 Å². The van der Waals surface area contributed by atoms with Crippen LogP contribution < -0.4 is 9.47 Å². The number of aliphatic carboxylic acids is 2. The molecule has 2 atom stereocenters. The second-order valence-electron chi connectivity index (χ2n) is 8.40. The van der Waals surface area contributed by atoms with E-state index in [9.17, 15) is 9.59 Å². The number of carbonyl (C=O) groups excluding carboxylic acids is 2. The monoisotopic (exact) mass is 479 g/mol. The van der Waals surface area contributed by atoms with Crippen LogP contribution in [-0.2, 0) is 25.6 Å². The van der Waals surface area contributed by atoms with Gasteiger partial charge in [-0.25, -0.2) is 9.59 Å². The fourth-order valence-corrected chi connectivity index (χ4v) is 4.84. The van der Waals surface area contributed by atoms with E-state index in [0.717, 1.165) is 27.7 Å². The minimum Gasteiger partial charge on any atom is -0.473 e. The van der Waals surface area contributed by atoms with Crippen molar-refractivity contribution in [3.63, 3.8) is 0 Å². The predicted octanol–water partition coefficient (Wildman–Crippen LogP) is 1.37. The summed E-state index contributed by atoms with van der Waals surface area (Å²) in [5, 5.41) is 15.9. The first-order valence-electron chi connectivity index (χ1n) is 10.8. The number of nitrogens with one attached hydrogen (secondary N) is 1. The summed E-state index contributed by atoms with van der Waals surface area (Å²) >= 11 is 0. The summed E-state index contributed by atoms with van der Waals surface area (Å²) in [4.78, 5) is 51.1. The van der Waals surface area contributed by atoms with Gasteiger partial charge in [-0.1, -0.05) is 24.3 Å². The largest absolute Gasteiger partial charge is 0.473 e. The van der Waals surface area contributed by atoms with Gasteiger partial charge in [0.15, 0.2) is 11.5 Å². The normalized spacial score (nSPS) is 20.1. The molecule has 2 amide bonds. The number of carbonyl (C=O) groups is 4. The Kier molecular flexibility index (Phi) is 5.31. The molecule has 180 valence electrons. The van der Waals surface area contributed by atoms with Crippen molar-refractivity contribution < 1.29 is 38.9 Å². The van der Waals surface area contributed by atoms with Crippen molar-refractivity contribution in [2.24, 2.45) is 0 Å². The molecule has 3 N–H and O–H groups in total. The van der Waals surface area contributed by atoms with Crippen LogP contribution in [-0.4, -0.2) is 75.2 Å². The topological polar surface area (TPSA) is 149 Å². The Balaban J connectivity index is 0.000000380. The van der Waals surface area contributed by atoms with E-state index in [1.807, 2.05) is 36.4 Å². The quantitative estimate of drug-likeness (QED) is 0.443. The number of likely N-dealkylation sites (N-methyl/N-ethyl adjacent to an activating group) is 1. The number of ether oxygens (including phenoxy) is 2. The summed E-state index contributed by atoms with van der Waals surface area (Å²) in [5.41, 5.74) is 3.97. The standard InChI is InChI=1S/C22H19N3O4.C2H2O4/c1-24-10-19(26)25-16(22(24)27)9-14-13-4-2-3-5-15(13)23-20(14)21(25)12-6-7-17-18(8-12)29-11-28-17;3-1(4)2(5)6/h2-8,16,21,23H,9-11H2,1H3;(H,3,4)(H,5,6)/t16-,21-;/m1./s1. The highest BCUT2D eigenvalue weighted by atomic mass is 16.7. The zero-order valence-electron chi connectivity index (χ0n) is 18.6. The lowest BCUT2D eigenvalue weighted by Crippen LogP contribution is -2.62. The summed E-state index contributed by atoms with van der Waals surface area (Å²) in [6.07, 6.45) is 0.509. The number of carboxylic acid groups (broad SMARTS) is 2. The van der Waals surface area contributed by atoms with E-state index in [4.69, 9.17) is 29.3 Å². The smallest absolute Gasteiger partial charge is 0.414 e. The van der Waals surface area contributed by atoms with E-state index in [1.54, 1.807) is 11.9 Å². The second-order valence-corrected chi connectivity index (χ2v) is 8.40. The van der Waals surface area contributed by atoms with Gasteiger partial charge in [0, 0.05) is 30.1 Å². The molecule has 1 saturated heterocycles. The molecule has 11 heteroatoms. The Labute approximate surface area is 198 Å². The van der Waals surface area contributed by atoms with Crippen molar-refractivity contribution in [1.82, 2.24) is 14.8 Å². The number of aromatic amines is 1. The number of fused-ring (bicyclic) bond motifs is 5. The first kappa shape index (κ1) is 22.3. The second kappa shape index (κ2) is 8.35. The molecule has 1 aromatic heterocycles. The maximum Gasteiger partial charge on any atom is 0.414 e. The van der Waals surface area contributed by atoms with Gasteiger partial charge in [-0.15, -0.1) is 0 Å². The van der Waals surface area contributed by atoms with Gasteiger partial charge in [0.05, 0.1) is 12.6 Å². The van der Waals surface area contributed by atoms with Gasteiger partial charge in [0.1, 0.15) is 6.04 Å². The van der Waals surface area contributed by atoms with Crippen LogP contribution in [0.15, 0.2) is 42.5 Å². The van der Waals surface area contributed by atoms with Crippen molar-refractivity contribution in [2.45, 2.75) is 18.5 Å². The third kappa shape index (κ3) is 3.70. The average Bonchev–Trinajstić information content (AvgIpc) is 3.45. The van der Waals surface area contributed by atoms with Crippen LogP contribution in [0.25, 0.3) is 10.9 Å². The summed E-state index contributed by atoms with van der Waals surface area (Å²) < 4.78 is 11.0. The van der Waals surface area contributed by atoms with Gasteiger partial charge in [-0.3, -0.25) is 9.59 Å². The van der Waals surface area contributed by atoms with Crippen LogP contribution in [0.2, 0.25) is 0 Å². The number of hydrogen-bond acceptors (Lipinski definition) is 6. The van der Waals surface area contributed by atoms with E-state index < -0.39 is 18.0 Å². The Morgan fingerprint density at radius 3 is 2.49 bits per heavy atom. The Morgan fingerprint density at radius 2 is 1.74 bits per heavy atom. The number of aromatic nitrogens is 1. The molecule has 3 aliphatic rings. The molecular formula is C24H21N3O8. The Bertz CT molecular complexity index is 1370. The fourth-order valence-electron chi connectivity index (χ4n) is 4.84. The molecule has 6 rings (SSSR count). The maximum absolute atomic E-state index is 13.1. The van der Waals surface area contributed by atoms with Crippen molar-refractivity contribution in [1.29, 1.82) is 0 Å². The van der Waals surface area contributed by atoms with Crippen molar-refractivity contribution in [3.05, 3.63) is 59.3 Å². The molecule has 0 aliphatic carbocycles. The molecule has 0 radical (unpaired) electrons. The molecule has 4 heterocycles. The third-order valence-electron chi connectivity index (χ3n) is 6.35. The molecule has 0 bridgehead atoms. The van der Waals surface area contributed by atoms with Crippen LogP contribution in [0.3, 0.4) is 0 Å². The van der Waals surface area contributed by atoms with Crippen LogP contribution in [0.4, 0.5) is 0 Å². The number of amides is 2. The average molecular weight is 479 g/mol. The van der Waals surface area contributed by atoms with E-state index in [-0.39, 0.29) is 31.2 Å². The first-order valence-corrected chi connectivity index (χ1v) is 10.8. The van der Waals surface area contributed by atoms with Crippen molar-refractivity contribution >= 4 is 34.7 Å². The summed E-state index contributed by atoms with van der Waals surface area (Å²) in [6.45, 7) is 0.279. The summed E-state index contributed by atoms with van der Waals surface area (Å²) in [6, 6.07) is 12.9. The number of carboxylic acids is 2. The predicted molar refractivity (Wildman–Crippen MR) is 120 cm³/mol. The number of H-pyrrole nitrogens is 1. The minimum absolute atomic E-state index is 0.0220. The highest BCUT2D eigenvalue weighted by Gasteiger charge is 2.47. The van der Waals surface area contributed by atoms with Gasteiger partial charge in [-0.05, 0) is 29.3 Å². The van der Waals surface area contributed by atoms with Gasteiger partial charge >= 0.3 is 11.9 Å². The van der Waals surface area contributed by atoms with Gasteiger partial charge in [-0.2, -0.15) is 0 Å². The van der Waals surface area contributed by atoms with Gasteiger partial charge < -0.3 is 34.5 Å². The number of piperazine rings is 1. The summed E-state index contributed by atoms with van der Waals surface area (Å²) in [7, 11) is 1.69. The lowest BCUT2D eigenvalue weighted by Gasteiger charge is -2.46. The number of hydrogen-bond donors (Lipinski definition) is 3. The molecule has 3 aliphatic heterocycles. The molecule has 2 aromatic carbocycles.